The second-order valence-electron chi connectivity index (χ2n) is 5.08. The number of carbonyl (C=O) groups is 1. The van der Waals surface area contributed by atoms with Crippen molar-refractivity contribution in [1.29, 1.82) is 0 Å². The molecule has 1 aliphatic carbocycles. The zero-order chi connectivity index (χ0) is 12.5. The van der Waals surface area contributed by atoms with Gasteiger partial charge in [0, 0.05) is 11.8 Å². The lowest BCUT2D eigenvalue weighted by atomic mass is 9.73. The summed E-state index contributed by atoms with van der Waals surface area (Å²) in [4.78, 5) is 12.5. The fraction of sp³-hybridized carbons (Fsp3) is 0.400. The lowest BCUT2D eigenvalue weighted by Crippen LogP contribution is -2.30. The van der Waals surface area contributed by atoms with E-state index in [-0.39, 0.29) is 11.2 Å². The molecule has 0 bridgehead atoms. The fourth-order valence-electron chi connectivity index (χ4n) is 2.23. The van der Waals surface area contributed by atoms with Crippen LogP contribution in [0.4, 0.5) is 0 Å². The molecule has 17 heavy (non-hydrogen) atoms. The summed E-state index contributed by atoms with van der Waals surface area (Å²) in [5, 5.41) is 0. The highest BCUT2D eigenvalue weighted by molar-refractivity contribution is 6.24. The quantitative estimate of drug-likeness (QED) is 0.778. The predicted molar refractivity (Wildman–Crippen MR) is 68.4 cm³/mol. The topological polar surface area (TPSA) is 26.3 Å². The molecule has 0 saturated heterocycles. The summed E-state index contributed by atoms with van der Waals surface area (Å²) < 4.78 is 5.38. The van der Waals surface area contributed by atoms with Gasteiger partial charge in [-0.2, -0.15) is 0 Å². The Morgan fingerprint density at radius 2 is 1.82 bits per heavy atom. The molecule has 0 atom stereocenters. The third kappa shape index (κ3) is 2.12. The molecular formula is C15H18O2. The van der Waals surface area contributed by atoms with E-state index in [1.165, 1.54) is 0 Å². The van der Waals surface area contributed by atoms with Crippen LogP contribution in [0.25, 0.3) is 5.57 Å². The Kier molecular flexibility index (Phi) is 3.05. The normalized spacial score (nSPS) is 19.4. The standard InChI is InChI=1S/C15H18O2/c1-15(2)10-9-12(17-3)13(14(15)16)11-7-5-4-6-8-11/h4-8H,9-10H2,1-3H3. The molecule has 0 unspecified atom stereocenters. The van der Waals surface area contributed by atoms with E-state index in [0.717, 1.165) is 29.7 Å². The van der Waals surface area contributed by atoms with Crippen LogP contribution in [-0.4, -0.2) is 12.9 Å². The van der Waals surface area contributed by atoms with E-state index in [4.69, 9.17) is 4.74 Å². The van der Waals surface area contributed by atoms with Crippen molar-refractivity contribution in [2.24, 2.45) is 5.41 Å². The smallest absolute Gasteiger partial charge is 0.172 e. The molecule has 0 aromatic heterocycles. The first-order valence-corrected chi connectivity index (χ1v) is 5.93. The molecule has 0 saturated carbocycles. The second kappa shape index (κ2) is 4.36. The molecule has 1 aromatic carbocycles. The third-order valence-corrected chi connectivity index (χ3v) is 3.41. The van der Waals surface area contributed by atoms with Crippen molar-refractivity contribution >= 4 is 11.4 Å². The molecule has 1 aromatic rings. The summed E-state index contributed by atoms with van der Waals surface area (Å²) in [5.41, 5.74) is 1.43. The molecule has 0 heterocycles. The highest BCUT2D eigenvalue weighted by atomic mass is 16.5. The van der Waals surface area contributed by atoms with Gasteiger partial charge in [-0.05, 0) is 12.0 Å². The number of rotatable bonds is 2. The first-order valence-electron chi connectivity index (χ1n) is 5.93. The molecule has 0 fully saturated rings. The van der Waals surface area contributed by atoms with Gasteiger partial charge in [0.25, 0.3) is 0 Å². The summed E-state index contributed by atoms with van der Waals surface area (Å²) in [6.07, 6.45) is 1.69. The monoisotopic (exact) mass is 230 g/mol. The van der Waals surface area contributed by atoms with E-state index < -0.39 is 0 Å². The van der Waals surface area contributed by atoms with Crippen LogP contribution in [0.2, 0.25) is 0 Å². The highest BCUT2D eigenvalue weighted by Crippen LogP contribution is 2.39. The molecule has 2 heteroatoms. The van der Waals surface area contributed by atoms with Gasteiger partial charge in [-0.25, -0.2) is 0 Å². The molecule has 90 valence electrons. The van der Waals surface area contributed by atoms with Gasteiger partial charge in [0.2, 0.25) is 0 Å². The highest BCUT2D eigenvalue weighted by Gasteiger charge is 2.37. The Morgan fingerprint density at radius 3 is 2.41 bits per heavy atom. The molecule has 0 radical (unpaired) electrons. The van der Waals surface area contributed by atoms with E-state index in [2.05, 4.69) is 0 Å². The predicted octanol–water partition coefficient (Wildman–Crippen LogP) is 3.43. The molecule has 1 aliphatic rings. The van der Waals surface area contributed by atoms with Crippen molar-refractivity contribution in [3.05, 3.63) is 41.7 Å². The van der Waals surface area contributed by atoms with Crippen LogP contribution in [0.15, 0.2) is 36.1 Å². The summed E-state index contributed by atoms with van der Waals surface area (Å²) in [6.45, 7) is 4.01. The summed E-state index contributed by atoms with van der Waals surface area (Å²) in [5.74, 6) is 1.01. The number of benzene rings is 1. The first-order chi connectivity index (χ1) is 8.06. The number of hydrogen-bond acceptors (Lipinski definition) is 2. The number of allylic oxidation sites excluding steroid dienone is 2. The average Bonchev–Trinajstić information content (AvgIpc) is 2.33. The zero-order valence-electron chi connectivity index (χ0n) is 10.6. The minimum Gasteiger partial charge on any atom is -0.500 e. The Balaban J connectivity index is 2.53. The van der Waals surface area contributed by atoms with Crippen LogP contribution in [0, 0.1) is 5.41 Å². The Bertz CT molecular complexity index is 455. The van der Waals surface area contributed by atoms with Gasteiger partial charge in [0.05, 0.1) is 12.7 Å². The number of ketones is 1. The maximum Gasteiger partial charge on any atom is 0.172 e. The van der Waals surface area contributed by atoms with Gasteiger partial charge in [-0.15, -0.1) is 0 Å². The molecule has 0 N–H and O–H groups in total. The zero-order valence-corrected chi connectivity index (χ0v) is 10.6. The lowest BCUT2D eigenvalue weighted by Gasteiger charge is -2.31. The molecule has 2 rings (SSSR count). The largest absolute Gasteiger partial charge is 0.500 e. The number of methoxy groups -OCH3 is 1. The van der Waals surface area contributed by atoms with E-state index >= 15 is 0 Å². The number of Topliss-reactive ketones (excluding diaryl/α,β-unsaturated/α-hetero) is 1. The van der Waals surface area contributed by atoms with Gasteiger partial charge < -0.3 is 4.74 Å². The number of hydrogen-bond donors (Lipinski definition) is 0. The van der Waals surface area contributed by atoms with Crippen molar-refractivity contribution in [1.82, 2.24) is 0 Å². The molecule has 0 amide bonds. The molecule has 0 spiro atoms. The van der Waals surface area contributed by atoms with Gasteiger partial charge in [0.1, 0.15) is 5.76 Å². The average molecular weight is 230 g/mol. The maximum atomic E-state index is 12.5. The third-order valence-electron chi connectivity index (χ3n) is 3.41. The van der Waals surface area contributed by atoms with E-state index in [9.17, 15) is 4.79 Å². The van der Waals surface area contributed by atoms with Crippen LogP contribution in [0.1, 0.15) is 32.3 Å². The van der Waals surface area contributed by atoms with E-state index in [1.807, 2.05) is 44.2 Å². The molecular weight excluding hydrogens is 212 g/mol. The van der Waals surface area contributed by atoms with Crippen LogP contribution < -0.4 is 0 Å². The summed E-state index contributed by atoms with van der Waals surface area (Å²) in [7, 11) is 1.64. The van der Waals surface area contributed by atoms with Gasteiger partial charge >= 0.3 is 0 Å². The second-order valence-corrected chi connectivity index (χ2v) is 5.08. The van der Waals surface area contributed by atoms with Crippen LogP contribution in [0.5, 0.6) is 0 Å². The summed E-state index contributed by atoms with van der Waals surface area (Å²) in [6, 6.07) is 9.78. The lowest BCUT2D eigenvalue weighted by molar-refractivity contribution is -0.122. The number of carbonyl (C=O) groups excluding carboxylic acids is 1. The van der Waals surface area contributed by atoms with Crippen molar-refractivity contribution in [3.63, 3.8) is 0 Å². The van der Waals surface area contributed by atoms with E-state index in [0.29, 0.717) is 0 Å². The van der Waals surface area contributed by atoms with Crippen molar-refractivity contribution < 1.29 is 9.53 Å². The van der Waals surface area contributed by atoms with Crippen LogP contribution in [0.3, 0.4) is 0 Å². The van der Waals surface area contributed by atoms with Crippen LogP contribution in [-0.2, 0) is 9.53 Å². The van der Waals surface area contributed by atoms with Crippen molar-refractivity contribution in [3.8, 4) is 0 Å². The SMILES string of the molecule is COC1=C(c2ccccc2)C(=O)C(C)(C)CC1. The fourth-order valence-corrected chi connectivity index (χ4v) is 2.23. The van der Waals surface area contributed by atoms with Gasteiger partial charge in [-0.1, -0.05) is 44.2 Å². The Morgan fingerprint density at radius 1 is 1.18 bits per heavy atom. The number of ether oxygens (including phenoxy) is 1. The molecule has 2 nitrogen and oxygen atoms in total. The maximum absolute atomic E-state index is 12.5. The minimum absolute atomic E-state index is 0.187. The van der Waals surface area contributed by atoms with Gasteiger partial charge in [-0.3, -0.25) is 4.79 Å². The van der Waals surface area contributed by atoms with Crippen molar-refractivity contribution in [2.75, 3.05) is 7.11 Å². The molecule has 0 aliphatic heterocycles. The van der Waals surface area contributed by atoms with Crippen molar-refractivity contribution in [2.45, 2.75) is 26.7 Å². The van der Waals surface area contributed by atoms with E-state index in [1.54, 1.807) is 7.11 Å². The van der Waals surface area contributed by atoms with Gasteiger partial charge in [0.15, 0.2) is 5.78 Å². The Hall–Kier alpha value is -1.57. The minimum atomic E-state index is -0.285. The van der Waals surface area contributed by atoms with Crippen LogP contribution >= 0.6 is 0 Å². The Labute approximate surface area is 102 Å². The summed E-state index contributed by atoms with van der Waals surface area (Å²) >= 11 is 0. The first kappa shape index (κ1) is 11.9.